The molecule has 0 heterocycles. The van der Waals surface area contributed by atoms with E-state index in [1.807, 2.05) is 12.1 Å². The molecule has 1 aromatic carbocycles. The van der Waals surface area contributed by atoms with E-state index in [9.17, 15) is 4.79 Å². The molecule has 2 nitrogen and oxygen atoms in total. The molecule has 1 fully saturated rings. The Kier molecular flexibility index (Phi) is 4.56. The van der Waals surface area contributed by atoms with E-state index in [1.165, 1.54) is 16.9 Å². The number of thioether (sulfide) groups is 1. The number of benzene rings is 1. The third-order valence-electron chi connectivity index (χ3n) is 3.79. The van der Waals surface area contributed by atoms with E-state index < -0.39 is 0 Å². The van der Waals surface area contributed by atoms with Gasteiger partial charge in [-0.3, -0.25) is 4.79 Å². The number of nitrogens with one attached hydrogen (secondary N) is 1. The summed E-state index contributed by atoms with van der Waals surface area (Å²) in [6.07, 6.45) is 3.43. The third-order valence-corrected chi connectivity index (χ3v) is 4.96. The van der Waals surface area contributed by atoms with E-state index >= 15 is 0 Å². The Hall–Kier alpha value is -0.960. The molecule has 0 aromatic heterocycles. The van der Waals surface area contributed by atoms with Crippen molar-refractivity contribution in [3.8, 4) is 0 Å². The van der Waals surface area contributed by atoms with Crippen molar-refractivity contribution < 1.29 is 4.79 Å². The number of rotatable bonds is 4. The Balaban J connectivity index is 1.78. The molecule has 0 radical (unpaired) electrons. The van der Waals surface area contributed by atoms with Gasteiger partial charge in [0.2, 0.25) is 5.91 Å². The van der Waals surface area contributed by atoms with Crippen molar-refractivity contribution in [3.05, 3.63) is 29.8 Å². The summed E-state index contributed by atoms with van der Waals surface area (Å²) >= 11 is 1.63. The minimum Gasteiger partial charge on any atom is -0.353 e. The molecule has 0 aliphatic heterocycles. The second-order valence-corrected chi connectivity index (χ2v) is 7.24. The van der Waals surface area contributed by atoms with Gasteiger partial charge >= 0.3 is 0 Å². The quantitative estimate of drug-likeness (QED) is 0.849. The minimum atomic E-state index is 0.163. The third kappa shape index (κ3) is 4.27. The predicted molar refractivity (Wildman–Crippen MR) is 81.5 cm³/mol. The summed E-state index contributed by atoms with van der Waals surface area (Å²) in [5.74, 6) is 0.679. The molecule has 0 spiro atoms. The van der Waals surface area contributed by atoms with Crippen LogP contribution in [0.1, 0.15) is 38.7 Å². The van der Waals surface area contributed by atoms with Crippen LogP contribution in [0.15, 0.2) is 29.2 Å². The average Bonchev–Trinajstić information content (AvgIpc) is 2.67. The van der Waals surface area contributed by atoms with Crippen molar-refractivity contribution in [1.29, 1.82) is 0 Å². The van der Waals surface area contributed by atoms with Crippen LogP contribution in [-0.4, -0.2) is 17.7 Å². The van der Waals surface area contributed by atoms with Gasteiger partial charge in [0.25, 0.3) is 0 Å². The lowest BCUT2D eigenvalue weighted by Crippen LogP contribution is -2.34. The number of carbonyl (C=O) groups excluding carboxylic acids is 1. The molecule has 1 aromatic rings. The van der Waals surface area contributed by atoms with Gasteiger partial charge in [-0.15, -0.1) is 11.8 Å². The molecule has 1 saturated carbocycles. The zero-order valence-electron chi connectivity index (χ0n) is 12.0. The van der Waals surface area contributed by atoms with Crippen molar-refractivity contribution in [2.45, 2.75) is 51.0 Å². The summed E-state index contributed by atoms with van der Waals surface area (Å²) in [5, 5.41) is 3.16. The van der Waals surface area contributed by atoms with Gasteiger partial charge in [-0.1, -0.05) is 32.0 Å². The smallest absolute Gasteiger partial charge is 0.230 e. The highest BCUT2D eigenvalue weighted by molar-refractivity contribution is 8.00. The van der Waals surface area contributed by atoms with Crippen LogP contribution < -0.4 is 5.32 Å². The van der Waals surface area contributed by atoms with Crippen LogP contribution >= 0.6 is 11.8 Å². The van der Waals surface area contributed by atoms with Crippen LogP contribution in [0.5, 0.6) is 0 Å². The first kappa shape index (κ1) is 14.4. The molecule has 104 valence electrons. The number of hydrogen-bond donors (Lipinski definition) is 1. The van der Waals surface area contributed by atoms with E-state index in [1.54, 1.807) is 11.8 Å². The van der Waals surface area contributed by atoms with Crippen LogP contribution in [0.4, 0.5) is 0 Å². The van der Waals surface area contributed by atoms with Gasteiger partial charge in [0.1, 0.15) is 0 Å². The van der Waals surface area contributed by atoms with Gasteiger partial charge in [0.15, 0.2) is 0 Å². The lowest BCUT2D eigenvalue weighted by molar-refractivity contribution is -0.119. The van der Waals surface area contributed by atoms with E-state index in [2.05, 4.69) is 38.2 Å². The second kappa shape index (κ2) is 6.00. The van der Waals surface area contributed by atoms with Crippen molar-refractivity contribution in [1.82, 2.24) is 5.32 Å². The molecule has 1 aliphatic rings. The highest BCUT2D eigenvalue weighted by Gasteiger charge is 2.31. The maximum absolute atomic E-state index is 12.0. The molecular formula is C16H23NOS. The maximum atomic E-state index is 12.0. The number of amides is 1. The molecule has 0 bridgehead atoms. The van der Waals surface area contributed by atoms with Gasteiger partial charge < -0.3 is 5.32 Å². The van der Waals surface area contributed by atoms with Crippen molar-refractivity contribution in [3.63, 3.8) is 0 Å². The lowest BCUT2D eigenvalue weighted by Gasteiger charge is -2.17. The first-order chi connectivity index (χ1) is 8.96. The summed E-state index contributed by atoms with van der Waals surface area (Å²) in [6.45, 7) is 6.64. The van der Waals surface area contributed by atoms with Gasteiger partial charge in [-0.25, -0.2) is 0 Å². The van der Waals surface area contributed by atoms with Crippen LogP contribution in [0.25, 0.3) is 0 Å². The molecule has 1 amide bonds. The summed E-state index contributed by atoms with van der Waals surface area (Å²) in [5.41, 5.74) is 1.63. The van der Waals surface area contributed by atoms with Crippen molar-refractivity contribution in [2.24, 2.45) is 5.41 Å². The molecule has 3 heteroatoms. The molecule has 1 unspecified atom stereocenters. The highest BCUT2D eigenvalue weighted by Crippen LogP contribution is 2.36. The molecule has 0 saturated heterocycles. The topological polar surface area (TPSA) is 29.1 Å². The first-order valence-corrected chi connectivity index (χ1v) is 7.93. The number of carbonyl (C=O) groups is 1. The SMILES string of the molecule is Cc1ccccc1SCC(=O)NC1CCC(C)(C)C1. The average molecular weight is 277 g/mol. The van der Waals surface area contributed by atoms with E-state index in [4.69, 9.17) is 0 Å². The first-order valence-electron chi connectivity index (χ1n) is 6.94. The Morgan fingerprint density at radius 2 is 2.16 bits per heavy atom. The van der Waals surface area contributed by atoms with E-state index in [0.717, 1.165) is 12.8 Å². The minimum absolute atomic E-state index is 0.163. The Bertz CT molecular complexity index is 456. The summed E-state index contributed by atoms with van der Waals surface area (Å²) in [7, 11) is 0. The predicted octanol–water partition coefficient (Wildman–Crippen LogP) is 3.78. The van der Waals surface area contributed by atoms with Crippen LogP contribution in [0.2, 0.25) is 0 Å². The fourth-order valence-electron chi connectivity index (χ4n) is 2.69. The van der Waals surface area contributed by atoms with Crippen molar-refractivity contribution >= 4 is 17.7 Å². The van der Waals surface area contributed by atoms with Gasteiger partial charge in [0, 0.05) is 10.9 Å². The highest BCUT2D eigenvalue weighted by atomic mass is 32.2. The number of aryl methyl sites for hydroxylation is 1. The van der Waals surface area contributed by atoms with Crippen LogP contribution in [0, 0.1) is 12.3 Å². The normalized spacial score (nSPS) is 21.3. The van der Waals surface area contributed by atoms with E-state index in [0.29, 0.717) is 17.2 Å². The zero-order valence-corrected chi connectivity index (χ0v) is 12.8. The second-order valence-electron chi connectivity index (χ2n) is 6.23. The molecule has 19 heavy (non-hydrogen) atoms. The van der Waals surface area contributed by atoms with Gasteiger partial charge in [0.05, 0.1) is 5.75 Å². The largest absolute Gasteiger partial charge is 0.353 e. The fourth-order valence-corrected chi connectivity index (χ4v) is 3.53. The monoisotopic (exact) mass is 277 g/mol. The molecular weight excluding hydrogens is 254 g/mol. The fraction of sp³-hybridized carbons (Fsp3) is 0.562. The zero-order chi connectivity index (χ0) is 13.9. The summed E-state index contributed by atoms with van der Waals surface area (Å²) in [4.78, 5) is 13.2. The Morgan fingerprint density at radius 1 is 1.42 bits per heavy atom. The molecule has 2 rings (SSSR count). The Morgan fingerprint density at radius 3 is 2.79 bits per heavy atom. The van der Waals surface area contributed by atoms with Crippen LogP contribution in [-0.2, 0) is 4.79 Å². The number of hydrogen-bond acceptors (Lipinski definition) is 2. The van der Waals surface area contributed by atoms with E-state index in [-0.39, 0.29) is 5.91 Å². The maximum Gasteiger partial charge on any atom is 0.230 e. The lowest BCUT2D eigenvalue weighted by atomic mass is 9.92. The van der Waals surface area contributed by atoms with Crippen molar-refractivity contribution in [2.75, 3.05) is 5.75 Å². The summed E-state index contributed by atoms with van der Waals surface area (Å²) in [6, 6.07) is 8.58. The van der Waals surface area contributed by atoms with Gasteiger partial charge in [-0.2, -0.15) is 0 Å². The molecule has 1 N–H and O–H groups in total. The standard InChI is InChI=1S/C16H23NOS/c1-12-6-4-5-7-14(12)19-11-15(18)17-13-8-9-16(2,3)10-13/h4-7,13H,8-11H2,1-3H3,(H,17,18). The summed E-state index contributed by atoms with van der Waals surface area (Å²) < 4.78 is 0. The van der Waals surface area contributed by atoms with Gasteiger partial charge in [-0.05, 0) is 43.2 Å². The van der Waals surface area contributed by atoms with Crippen LogP contribution in [0.3, 0.4) is 0 Å². The molecule has 1 atom stereocenters. The molecule has 1 aliphatic carbocycles. The Labute approximate surface area is 120 Å².